The van der Waals surface area contributed by atoms with Gasteiger partial charge in [-0.05, 0) is 12.1 Å². The summed E-state index contributed by atoms with van der Waals surface area (Å²) in [5.41, 5.74) is 5.12. The second-order valence-corrected chi connectivity index (χ2v) is 6.93. The van der Waals surface area contributed by atoms with Crippen LogP contribution in [0.15, 0.2) is 17.0 Å². The molecule has 1 aliphatic heterocycles. The zero-order valence-corrected chi connectivity index (χ0v) is 11.0. The summed E-state index contributed by atoms with van der Waals surface area (Å²) >= 11 is 1.61. The van der Waals surface area contributed by atoms with Gasteiger partial charge >= 0.3 is 0 Å². The number of anilines is 1. The third kappa shape index (κ3) is 2.45. The quantitative estimate of drug-likeness (QED) is 0.835. The first kappa shape index (κ1) is 13.6. The molecule has 0 unspecified atom stereocenters. The molecule has 100 valence electrons. The van der Waals surface area contributed by atoms with E-state index in [0.29, 0.717) is 11.5 Å². The highest BCUT2D eigenvalue weighted by Crippen LogP contribution is 2.26. The molecule has 0 bridgehead atoms. The van der Waals surface area contributed by atoms with E-state index < -0.39 is 26.6 Å². The van der Waals surface area contributed by atoms with Gasteiger partial charge in [0.25, 0.3) is 0 Å². The van der Waals surface area contributed by atoms with Crippen LogP contribution in [0.25, 0.3) is 0 Å². The van der Waals surface area contributed by atoms with Gasteiger partial charge in [0.15, 0.2) is 4.90 Å². The minimum atomic E-state index is -4.13. The van der Waals surface area contributed by atoms with Crippen molar-refractivity contribution in [2.45, 2.75) is 4.90 Å². The van der Waals surface area contributed by atoms with Gasteiger partial charge in [-0.3, -0.25) is 0 Å². The molecule has 0 atom stereocenters. The topological polar surface area (TPSA) is 63.4 Å². The second kappa shape index (κ2) is 5.02. The minimum Gasteiger partial charge on any atom is -0.399 e. The number of nitrogen functional groups attached to an aromatic ring is 1. The van der Waals surface area contributed by atoms with Crippen LogP contribution in [0.4, 0.5) is 14.5 Å². The van der Waals surface area contributed by atoms with Crippen LogP contribution in [0.5, 0.6) is 0 Å². The molecule has 0 saturated carbocycles. The van der Waals surface area contributed by atoms with Crippen LogP contribution >= 0.6 is 11.8 Å². The smallest absolute Gasteiger partial charge is 0.248 e. The molecular formula is C10H12F2N2O2S2. The Morgan fingerprint density at radius 3 is 2.17 bits per heavy atom. The van der Waals surface area contributed by atoms with Gasteiger partial charge in [-0.25, -0.2) is 17.2 Å². The average molecular weight is 294 g/mol. The van der Waals surface area contributed by atoms with Gasteiger partial charge in [0.1, 0.15) is 11.6 Å². The maximum absolute atomic E-state index is 13.6. The van der Waals surface area contributed by atoms with Crippen molar-refractivity contribution in [1.82, 2.24) is 4.31 Å². The molecule has 0 spiro atoms. The molecule has 1 aromatic carbocycles. The number of hydrogen-bond donors (Lipinski definition) is 1. The van der Waals surface area contributed by atoms with Crippen LogP contribution in [0.1, 0.15) is 0 Å². The van der Waals surface area contributed by atoms with Crippen molar-refractivity contribution < 1.29 is 17.2 Å². The van der Waals surface area contributed by atoms with Crippen molar-refractivity contribution in [2.24, 2.45) is 0 Å². The first-order chi connectivity index (χ1) is 8.43. The van der Waals surface area contributed by atoms with E-state index in [-0.39, 0.29) is 18.8 Å². The number of nitrogens with two attached hydrogens (primary N) is 1. The lowest BCUT2D eigenvalue weighted by molar-refractivity contribution is 0.430. The number of nitrogens with zero attached hydrogens (tertiary/aromatic N) is 1. The van der Waals surface area contributed by atoms with Crippen molar-refractivity contribution in [3.63, 3.8) is 0 Å². The van der Waals surface area contributed by atoms with Crippen LogP contribution in [0, 0.1) is 11.6 Å². The molecule has 0 aromatic heterocycles. The zero-order valence-electron chi connectivity index (χ0n) is 9.40. The van der Waals surface area contributed by atoms with Gasteiger partial charge in [0.2, 0.25) is 10.0 Å². The van der Waals surface area contributed by atoms with Crippen molar-refractivity contribution in [3.8, 4) is 0 Å². The molecule has 4 nitrogen and oxygen atoms in total. The summed E-state index contributed by atoms with van der Waals surface area (Å²) in [5.74, 6) is -1.05. The predicted octanol–water partition coefficient (Wildman–Crippen LogP) is 1.28. The largest absolute Gasteiger partial charge is 0.399 e. The lowest BCUT2D eigenvalue weighted by Crippen LogP contribution is -2.38. The molecule has 8 heteroatoms. The van der Waals surface area contributed by atoms with Gasteiger partial charge < -0.3 is 5.73 Å². The second-order valence-electron chi connectivity index (χ2n) is 3.83. The SMILES string of the molecule is Nc1cc(F)c(S(=O)(=O)N2CCSCC2)c(F)c1. The number of hydrogen-bond acceptors (Lipinski definition) is 4. The Hall–Kier alpha value is -0.860. The van der Waals surface area contributed by atoms with E-state index in [1.807, 2.05) is 0 Å². The van der Waals surface area contributed by atoms with Crippen molar-refractivity contribution in [2.75, 3.05) is 30.3 Å². The maximum atomic E-state index is 13.6. The van der Waals surface area contributed by atoms with E-state index in [1.165, 1.54) is 0 Å². The van der Waals surface area contributed by atoms with Gasteiger partial charge in [-0.15, -0.1) is 0 Å². The molecular weight excluding hydrogens is 282 g/mol. The summed E-state index contributed by atoms with van der Waals surface area (Å²) < 4.78 is 52.6. The number of halogens is 2. The molecule has 1 aliphatic rings. The highest BCUT2D eigenvalue weighted by Gasteiger charge is 2.31. The minimum absolute atomic E-state index is 0.141. The van der Waals surface area contributed by atoms with E-state index >= 15 is 0 Å². The van der Waals surface area contributed by atoms with Crippen molar-refractivity contribution in [1.29, 1.82) is 0 Å². The summed E-state index contributed by atoms with van der Waals surface area (Å²) in [6.45, 7) is 0.520. The summed E-state index contributed by atoms with van der Waals surface area (Å²) in [6.07, 6.45) is 0. The molecule has 1 aromatic rings. The summed E-state index contributed by atoms with van der Waals surface area (Å²) in [4.78, 5) is -0.913. The normalized spacial score (nSPS) is 17.9. The van der Waals surface area contributed by atoms with Gasteiger partial charge in [-0.2, -0.15) is 16.1 Å². The number of sulfonamides is 1. The van der Waals surface area contributed by atoms with Gasteiger partial charge in [0, 0.05) is 30.3 Å². The molecule has 0 radical (unpaired) electrons. The average Bonchev–Trinajstić information content (AvgIpc) is 2.28. The van der Waals surface area contributed by atoms with E-state index in [1.54, 1.807) is 11.8 Å². The van der Waals surface area contributed by atoms with Crippen molar-refractivity contribution in [3.05, 3.63) is 23.8 Å². The van der Waals surface area contributed by atoms with Crippen LogP contribution in [-0.4, -0.2) is 37.3 Å². The van der Waals surface area contributed by atoms with Gasteiger partial charge in [-0.1, -0.05) is 0 Å². The monoisotopic (exact) mass is 294 g/mol. The predicted molar refractivity (Wildman–Crippen MR) is 66.9 cm³/mol. The number of rotatable bonds is 2. The molecule has 1 fully saturated rings. The molecule has 2 rings (SSSR count). The third-order valence-electron chi connectivity index (χ3n) is 2.59. The van der Waals surface area contributed by atoms with Crippen LogP contribution < -0.4 is 5.73 Å². The fourth-order valence-corrected chi connectivity index (χ4v) is 4.41. The standard InChI is InChI=1S/C10H12F2N2O2S2/c11-8-5-7(13)6-9(12)10(8)18(15,16)14-1-3-17-4-2-14/h5-6H,1-4,13H2. The lowest BCUT2D eigenvalue weighted by Gasteiger charge is -2.25. The third-order valence-corrected chi connectivity index (χ3v) is 5.48. The van der Waals surface area contributed by atoms with Gasteiger partial charge in [0.05, 0.1) is 0 Å². The van der Waals surface area contributed by atoms with E-state index in [4.69, 9.17) is 5.73 Å². The fourth-order valence-electron chi connectivity index (χ4n) is 1.74. The molecule has 1 saturated heterocycles. The molecule has 0 aliphatic carbocycles. The summed E-state index contributed by atoms with van der Waals surface area (Å²) in [6, 6.07) is 1.63. The first-order valence-corrected chi connectivity index (χ1v) is 7.85. The van der Waals surface area contributed by atoms with Crippen molar-refractivity contribution >= 4 is 27.5 Å². The highest BCUT2D eigenvalue weighted by molar-refractivity contribution is 7.99. The Morgan fingerprint density at radius 1 is 1.17 bits per heavy atom. The summed E-state index contributed by atoms with van der Waals surface area (Å²) in [5, 5.41) is 0. The Bertz CT molecular complexity index is 534. The summed E-state index contributed by atoms with van der Waals surface area (Å²) in [7, 11) is -4.13. The molecule has 2 N–H and O–H groups in total. The highest BCUT2D eigenvalue weighted by atomic mass is 32.2. The Labute approximate surface area is 108 Å². The van der Waals surface area contributed by atoms with E-state index in [0.717, 1.165) is 16.4 Å². The van der Waals surface area contributed by atoms with E-state index in [2.05, 4.69) is 0 Å². The Balaban J connectivity index is 2.47. The Kier molecular flexibility index (Phi) is 3.79. The Morgan fingerprint density at radius 2 is 1.67 bits per heavy atom. The molecule has 1 heterocycles. The van der Waals surface area contributed by atoms with Crippen LogP contribution in [0.3, 0.4) is 0 Å². The molecule has 18 heavy (non-hydrogen) atoms. The first-order valence-electron chi connectivity index (χ1n) is 5.25. The fraction of sp³-hybridized carbons (Fsp3) is 0.400. The zero-order chi connectivity index (χ0) is 13.3. The van der Waals surface area contributed by atoms with E-state index in [9.17, 15) is 17.2 Å². The number of benzene rings is 1. The number of thioether (sulfide) groups is 1. The van der Waals surface area contributed by atoms with Crippen LogP contribution in [0.2, 0.25) is 0 Å². The maximum Gasteiger partial charge on any atom is 0.248 e. The van der Waals surface area contributed by atoms with Crippen LogP contribution in [-0.2, 0) is 10.0 Å². The lowest BCUT2D eigenvalue weighted by atomic mass is 10.3. The molecule has 0 amide bonds.